The van der Waals surface area contributed by atoms with Crippen LogP contribution in [-0.4, -0.2) is 48.9 Å². The van der Waals surface area contributed by atoms with Crippen LogP contribution < -0.4 is 10.6 Å². The summed E-state index contributed by atoms with van der Waals surface area (Å²) in [5.74, 6) is 0.745. The van der Waals surface area contributed by atoms with Gasteiger partial charge in [0.15, 0.2) is 5.76 Å². The standard InChI is InChI=1S/C17H25N3O3.ClH/c21-16(19-9-7-13-6-8-18-12-13)14-4-1-2-10-20(14)17(22)15-5-3-11-23-15;/h3,5,11,13-14,18H,1-2,4,6-10,12H2,(H,19,21);1H. The van der Waals surface area contributed by atoms with Crippen LogP contribution in [-0.2, 0) is 4.79 Å². The predicted octanol–water partition coefficient (Wildman–Crippen LogP) is 1.81. The maximum Gasteiger partial charge on any atom is 0.290 e. The van der Waals surface area contributed by atoms with Crippen molar-refractivity contribution in [1.82, 2.24) is 15.5 Å². The first-order chi connectivity index (χ1) is 11.3. The summed E-state index contributed by atoms with van der Waals surface area (Å²) in [4.78, 5) is 26.7. The van der Waals surface area contributed by atoms with E-state index in [0.29, 0.717) is 24.8 Å². The summed E-state index contributed by atoms with van der Waals surface area (Å²) >= 11 is 0. The number of hydrogen-bond acceptors (Lipinski definition) is 4. The Morgan fingerprint density at radius 2 is 2.21 bits per heavy atom. The molecule has 7 heteroatoms. The largest absolute Gasteiger partial charge is 0.459 e. The van der Waals surface area contributed by atoms with Gasteiger partial charge in [0.05, 0.1) is 6.26 Å². The first-order valence-electron chi connectivity index (χ1n) is 8.58. The summed E-state index contributed by atoms with van der Waals surface area (Å²) < 4.78 is 5.20. The van der Waals surface area contributed by atoms with Crippen molar-refractivity contribution in [2.75, 3.05) is 26.2 Å². The summed E-state index contributed by atoms with van der Waals surface area (Å²) in [6.07, 6.45) is 6.31. The minimum atomic E-state index is -0.372. The van der Waals surface area contributed by atoms with E-state index in [1.807, 2.05) is 0 Å². The molecule has 134 valence electrons. The van der Waals surface area contributed by atoms with Crippen molar-refractivity contribution in [1.29, 1.82) is 0 Å². The van der Waals surface area contributed by atoms with E-state index >= 15 is 0 Å². The predicted molar refractivity (Wildman–Crippen MR) is 93.2 cm³/mol. The van der Waals surface area contributed by atoms with Gasteiger partial charge in [0.1, 0.15) is 6.04 Å². The third kappa shape index (κ3) is 4.51. The Labute approximate surface area is 148 Å². The summed E-state index contributed by atoms with van der Waals surface area (Å²) in [7, 11) is 0. The highest BCUT2D eigenvalue weighted by molar-refractivity contribution is 5.95. The van der Waals surface area contributed by atoms with Crippen molar-refractivity contribution in [3.8, 4) is 0 Å². The lowest BCUT2D eigenvalue weighted by atomic mass is 10.0. The van der Waals surface area contributed by atoms with Crippen molar-refractivity contribution in [3.63, 3.8) is 0 Å². The molecule has 2 fully saturated rings. The van der Waals surface area contributed by atoms with Gasteiger partial charge < -0.3 is 20.0 Å². The van der Waals surface area contributed by atoms with Crippen molar-refractivity contribution < 1.29 is 14.0 Å². The molecule has 0 radical (unpaired) electrons. The van der Waals surface area contributed by atoms with Crippen LogP contribution in [0, 0.1) is 5.92 Å². The van der Waals surface area contributed by atoms with E-state index in [1.54, 1.807) is 17.0 Å². The zero-order valence-corrected chi connectivity index (χ0v) is 14.6. The summed E-state index contributed by atoms with van der Waals surface area (Å²) in [6, 6.07) is 2.98. The second-order valence-corrected chi connectivity index (χ2v) is 6.43. The molecule has 3 heterocycles. The van der Waals surface area contributed by atoms with Gasteiger partial charge in [-0.25, -0.2) is 0 Å². The molecule has 24 heavy (non-hydrogen) atoms. The molecule has 0 saturated carbocycles. The number of nitrogens with zero attached hydrogens (tertiary/aromatic N) is 1. The molecule has 2 N–H and O–H groups in total. The molecule has 2 aliphatic heterocycles. The van der Waals surface area contributed by atoms with Crippen LogP contribution in [0.3, 0.4) is 0 Å². The van der Waals surface area contributed by atoms with Crippen LogP contribution in [0.1, 0.15) is 42.7 Å². The normalized spacial score (nSPS) is 23.6. The number of furan rings is 1. The van der Waals surface area contributed by atoms with Gasteiger partial charge in [-0.05, 0) is 63.2 Å². The molecule has 0 bridgehead atoms. The fourth-order valence-electron chi connectivity index (χ4n) is 3.47. The van der Waals surface area contributed by atoms with Crippen LogP contribution in [0.2, 0.25) is 0 Å². The molecular weight excluding hydrogens is 330 g/mol. The number of halogens is 1. The molecule has 6 nitrogen and oxygen atoms in total. The zero-order chi connectivity index (χ0) is 16.1. The van der Waals surface area contributed by atoms with Gasteiger partial charge in [-0.3, -0.25) is 9.59 Å². The highest BCUT2D eigenvalue weighted by atomic mass is 35.5. The molecule has 0 aliphatic carbocycles. The minimum absolute atomic E-state index is 0. The molecule has 2 amide bonds. The van der Waals surface area contributed by atoms with E-state index in [4.69, 9.17) is 4.42 Å². The Morgan fingerprint density at radius 1 is 1.33 bits per heavy atom. The molecule has 0 spiro atoms. The summed E-state index contributed by atoms with van der Waals surface area (Å²) in [6.45, 7) is 3.42. The van der Waals surface area contributed by atoms with Crippen LogP contribution in [0.5, 0.6) is 0 Å². The van der Waals surface area contributed by atoms with Gasteiger partial charge in [-0.2, -0.15) is 0 Å². The van der Waals surface area contributed by atoms with Gasteiger partial charge in [-0.1, -0.05) is 0 Å². The smallest absolute Gasteiger partial charge is 0.290 e. The van der Waals surface area contributed by atoms with Gasteiger partial charge in [0.25, 0.3) is 5.91 Å². The monoisotopic (exact) mass is 355 g/mol. The van der Waals surface area contributed by atoms with Crippen LogP contribution in [0.4, 0.5) is 0 Å². The Hall–Kier alpha value is -1.53. The third-order valence-electron chi connectivity index (χ3n) is 4.81. The van der Waals surface area contributed by atoms with Gasteiger partial charge in [0, 0.05) is 13.1 Å². The second-order valence-electron chi connectivity index (χ2n) is 6.43. The molecule has 2 aliphatic rings. The molecule has 2 unspecified atom stereocenters. The number of carbonyl (C=O) groups is 2. The maximum atomic E-state index is 12.5. The average molecular weight is 356 g/mol. The highest BCUT2D eigenvalue weighted by Crippen LogP contribution is 2.20. The quantitative estimate of drug-likeness (QED) is 0.844. The SMILES string of the molecule is Cl.O=C(NCCC1CCNC1)C1CCCCN1C(=O)c1ccco1. The van der Waals surface area contributed by atoms with Crippen LogP contribution in [0.25, 0.3) is 0 Å². The van der Waals surface area contributed by atoms with Crippen molar-refractivity contribution >= 4 is 24.2 Å². The highest BCUT2D eigenvalue weighted by Gasteiger charge is 2.33. The van der Waals surface area contributed by atoms with Gasteiger partial charge >= 0.3 is 0 Å². The molecular formula is C17H26ClN3O3. The summed E-state index contributed by atoms with van der Waals surface area (Å²) in [5, 5.41) is 6.35. The molecule has 3 rings (SSSR count). The third-order valence-corrected chi connectivity index (χ3v) is 4.81. The topological polar surface area (TPSA) is 74.6 Å². The number of rotatable bonds is 5. The Kier molecular flexibility index (Phi) is 7.12. The molecule has 2 atom stereocenters. The fourth-order valence-corrected chi connectivity index (χ4v) is 3.47. The first kappa shape index (κ1) is 18.8. The van der Waals surface area contributed by atoms with Gasteiger partial charge in [0.2, 0.25) is 5.91 Å². The summed E-state index contributed by atoms with van der Waals surface area (Å²) in [5.41, 5.74) is 0. The lowest BCUT2D eigenvalue weighted by Gasteiger charge is -2.34. The van der Waals surface area contributed by atoms with E-state index in [2.05, 4.69) is 10.6 Å². The lowest BCUT2D eigenvalue weighted by molar-refractivity contribution is -0.126. The Bertz CT molecular complexity index is 529. The number of amides is 2. The van der Waals surface area contributed by atoms with Crippen molar-refractivity contribution in [3.05, 3.63) is 24.2 Å². The number of piperidine rings is 1. The second kappa shape index (κ2) is 9.08. The number of hydrogen-bond donors (Lipinski definition) is 2. The van der Waals surface area contributed by atoms with E-state index in [1.165, 1.54) is 12.7 Å². The Morgan fingerprint density at radius 3 is 2.92 bits per heavy atom. The fraction of sp³-hybridized carbons (Fsp3) is 0.647. The maximum absolute atomic E-state index is 12.5. The lowest BCUT2D eigenvalue weighted by Crippen LogP contribution is -2.52. The first-order valence-corrected chi connectivity index (χ1v) is 8.58. The van der Waals surface area contributed by atoms with Gasteiger partial charge in [-0.15, -0.1) is 12.4 Å². The van der Waals surface area contributed by atoms with E-state index in [9.17, 15) is 9.59 Å². The van der Waals surface area contributed by atoms with E-state index in [-0.39, 0.29) is 30.3 Å². The van der Waals surface area contributed by atoms with Crippen LogP contribution in [0.15, 0.2) is 22.8 Å². The van der Waals surface area contributed by atoms with Crippen molar-refractivity contribution in [2.45, 2.75) is 38.1 Å². The van der Waals surface area contributed by atoms with Crippen molar-refractivity contribution in [2.24, 2.45) is 5.92 Å². The molecule has 1 aromatic rings. The Balaban J connectivity index is 0.00000208. The molecule has 1 aromatic heterocycles. The number of likely N-dealkylation sites (tertiary alicyclic amines) is 1. The minimum Gasteiger partial charge on any atom is -0.459 e. The van der Waals surface area contributed by atoms with E-state index in [0.717, 1.165) is 38.8 Å². The average Bonchev–Trinajstić information content (AvgIpc) is 3.27. The molecule has 2 saturated heterocycles. The zero-order valence-electron chi connectivity index (χ0n) is 13.8. The number of nitrogens with one attached hydrogen (secondary N) is 2. The molecule has 0 aromatic carbocycles. The van der Waals surface area contributed by atoms with Crippen LogP contribution >= 0.6 is 12.4 Å². The van der Waals surface area contributed by atoms with E-state index < -0.39 is 0 Å². The number of carbonyl (C=O) groups excluding carboxylic acids is 2.